The number of nitrogens with one attached hydrogen (secondary N) is 1. The first-order valence-electron chi connectivity index (χ1n) is 8.28. The van der Waals surface area contributed by atoms with Gasteiger partial charge in [0, 0.05) is 6.20 Å². The molecule has 0 radical (unpaired) electrons. The Hall–Kier alpha value is -2.77. The summed E-state index contributed by atoms with van der Waals surface area (Å²) in [6, 6.07) is 8.38. The smallest absolute Gasteiger partial charge is 0.418 e. The Morgan fingerprint density at radius 3 is 2.77 bits per heavy atom. The number of alkyl halides is 3. The van der Waals surface area contributed by atoms with E-state index in [1.807, 2.05) is 6.07 Å². The second-order valence-corrected chi connectivity index (χ2v) is 5.96. The van der Waals surface area contributed by atoms with Gasteiger partial charge < -0.3 is 15.5 Å². The molecule has 26 heavy (non-hydrogen) atoms. The molecule has 1 aliphatic heterocycles. The molecule has 0 amide bonds. The molecular weight excluding hydrogens is 345 g/mol. The van der Waals surface area contributed by atoms with E-state index >= 15 is 0 Å². The number of nitrogens with two attached hydrogens (primary N) is 1. The third kappa shape index (κ3) is 3.58. The van der Waals surface area contributed by atoms with E-state index in [1.54, 1.807) is 0 Å². The molecule has 8 heteroatoms. The van der Waals surface area contributed by atoms with Gasteiger partial charge in [-0.25, -0.2) is 9.97 Å². The molecule has 0 bridgehead atoms. The average Bonchev–Trinajstić information content (AvgIpc) is 3.08. The highest BCUT2D eigenvalue weighted by atomic mass is 19.4. The number of anilines is 1. The highest BCUT2D eigenvalue weighted by Crippen LogP contribution is 2.36. The van der Waals surface area contributed by atoms with Crippen LogP contribution in [-0.4, -0.2) is 21.6 Å². The third-order valence-electron chi connectivity index (χ3n) is 4.38. The Balaban J connectivity index is 0.000000152. The molecule has 1 aromatic carbocycles. The van der Waals surface area contributed by atoms with Crippen LogP contribution in [0.1, 0.15) is 36.8 Å². The zero-order valence-corrected chi connectivity index (χ0v) is 14.2. The molecule has 0 fully saturated rings. The Kier molecular flexibility index (Phi) is 5.01. The zero-order valence-electron chi connectivity index (χ0n) is 14.2. The predicted molar refractivity (Wildman–Crippen MR) is 92.9 cm³/mol. The predicted octanol–water partition coefficient (Wildman–Crippen LogP) is 4.52. The molecule has 138 valence electrons. The average molecular weight is 364 g/mol. The van der Waals surface area contributed by atoms with Gasteiger partial charge in [0.1, 0.15) is 23.5 Å². The van der Waals surface area contributed by atoms with E-state index < -0.39 is 11.7 Å². The van der Waals surface area contributed by atoms with Crippen molar-refractivity contribution in [1.82, 2.24) is 15.0 Å². The topological polar surface area (TPSA) is 76.8 Å². The van der Waals surface area contributed by atoms with Crippen LogP contribution >= 0.6 is 0 Å². The molecule has 3 aromatic rings. The quantitative estimate of drug-likeness (QED) is 0.665. The van der Waals surface area contributed by atoms with Crippen LogP contribution in [0.2, 0.25) is 0 Å². The second kappa shape index (κ2) is 7.23. The lowest BCUT2D eigenvalue weighted by Crippen LogP contribution is -2.13. The van der Waals surface area contributed by atoms with Crippen molar-refractivity contribution in [3.63, 3.8) is 0 Å². The Labute approximate surface area is 148 Å². The van der Waals surface area contributed by atoms with Crippen molar-refractivity contribution in [3.05, 3.63) is 47.9 Å². The first kappa shape index (κ1) is 18.0. The van der Waals surface area contributed by atoms with E-state index in [4.69, 9.17) is 10.5 Å². The number of aromatic nitrogens is 3. The number of benzene rings is 1. The molecule has 1 atom stereocenters. The van der Waals surface area contributed by atoms with Gasteiger partial charge in [0.25, 0.3) is 0 Å². The number of halogens is 3. The largest absolute Gasteiger partial charge is 0.493 e. The van der Waals surface area contributed by atoms with Crippen molar-refractivity contribution in [2.45, 2.75) is 31.9 Å². The van der Waals surface area contributed by atoms with E-state index in [0.29, 0.717) is 0 Å². The summed E-state index contributed by atoms with van der Waals surface area (Å²) >= 11 is 0. The summed E-state index contributed by atoms with van der Waals surface area (Å²) < 4.78 is 42.8. The van der Waals surface area contributed by atoms with Gasteiger partial charge in [0.15, 0.2) is 0 Å². The molecule has 3 heterocycles. The van der Waals surface area contributed by atoms with Gasteiger partial charge in [-0.3, -0.25) is 0 Å². The van der Waals surface area contributed by atoms with Gasteiger partial charge in [-0.2, -0.15) is 13.2 Å². The molecule has 0 unspecified atom stereocenters. The number of H-pyrrole nitrogens is 1. The lowest BCUT2D eigenvalue weighted by molar-refractivity contribution is -0.136. The van der Waals surface area contributed by atoms with Gasteiger partial charge in [-0.15, -0.1) is 0 Å². The van der Waals surface area contributed by atoms with Crippen LogP contribution in [0.4, 0.5) is 19.0 Å². The number of para-hydroxylation sites is 1. The summed E-state index contributed by atoms with van der Waals surface area (Å²) in [6.07, 6.45) is -0.116. The van der Waals surface area contributed by atoms with Crippen molar-refractivity contribution >= 4 is 16.9 Å². The van der Waals surface area contributed by atoms with Crippen LogP contribution in [-0.2, 0) is 6.18 Å². The van der Waals surface area contributed by atoms with Crippen LogP contribution < -0.4 is 10.5 Å². The number of aromatic amines is 1. The molecular formula is C18H19F3N4O. The maximum Gasteiger partial charge on any atom is 0.418 e. The van der Waals surface area contributed by atoms with Crippen molar-refractivity contribution in [1.29, 1.82) is 0 Å². The molecule has 0 saturated carbocycles. The van der Waals surface area contributed by atoms with E-state index in [2.05, 4.69) is 40.1 Å². The number of hydrogen-bond acceptors (Lipinski definition) is 4. The number of ether oxygens (including phenoxy) is 1. The highest BCUT2D eigenvalue weighted by Gasteiger charge is 2.34. The summed E-state index contributed by atoms with van der Waals surface area (Å²) in [7, 11) is 0. The van der Waals surface area contributed by atoms with Crippen LogP contribution in [0.25, 0.3) is 11.0 Å². The zero-order chi connectivity index (χ0) is 18.7. The number of rotatable bonds is 1. The number of nitrogens with zero attached hydrogens (tertiary/aromatic N) is 2. The standard InChI is InChI=1S/C11H14O.C7H5F3N4/c1-2-9-7-8-12-11-6-4-3-5-10(9)11;8-7(9,10)3-1-12-6-4(3)5(11)13-2-14-6/h3-6,9H,2,7-8H2,1H3;1-2H,(H3,11,12,13,14)/t9-;/m0./s1. The maximum atomic E-state index is 12.4. The number of hydrogen-bond donors (Lipinski definition) is 2. The van der Waals surface area contributed by atoms with Gasteiger partial charge in [-0.05, 0) is 30.4 Å². The molecule has 2 aromatic heterocycles. The highest BCUT2D eigenvalue weighted by molar-refractivity contribution is 5.89. The van der Waals surface area contributed by atoms with Gasteiger partial charge in [0.05, 0.1) is 17.6 Å². The summed E-state index contributed by atoms with van der Waals surface area (Å²) in [5.41, 5.74) is 5.97. The van der Waals surface area contributed by atoms with Gasteiger partial charge in [0.2, 0.25) is 0 Å². The van der Waals surface area contributed by atoms with Crippen LogP contribution in [0.5, 0.6) is 5.75 Å². The summed E-state index contributed by atoms with van der Waals surface area (Å²) in [5.74, 6) is 1.63. The van der Waals surface area contributed by atoms with E-state index in [1.165, 1.54) is 18.4 Å². The molecule has 5 nitrogen and oxygen atoms in total. The minimum Gasteiger partial charge on any atom is -0.493 e. The Morgan fingerprint density at radius 1 is 1.27 bits per heavy atom. The van der Waals surface area contributed by atoms with Crippen LogP contribution in [0.3, 0.4) is 0 Å². The maximum absolute atomic E-state index is 12.4. The molecule has 0 aliphatic carbocycles. The molecule has 0 spiro atoms. The fourth-order valence-corrected chi connectivity index (χ4v) is 3.05. The molecule has 3 N–H and O–H groups in total. The SMILES string of the molecule is CC[C@H]1CCOc2ccccc21.Nc1ncnc2[nH]cc(C(F)(F)F)c12. The van der Waals surface area contributed by atoms with Crippen LogP contribution in [0.15, 0.2) is 36.8 Å². The second-order valence-electron chi connectivity index (χ2n) is 5.96. The third-order valence-corrected chi connectivity index (χ3v) is 4.38. The number of nitrogen functional groups attached to an aromatic ring is 1. The van der Waals surface area contributed by atoms with Crippen LogP contribution in [0, 0.1) is 0 Å². The molecule has 1 aliphatic rings. The lowest BCUT2D eigenvalue weighted by atomic mass is 9.91. The minimum atomic E-state index is -4.45. The Morgan fingerprint density at radius 2 is 2.04 bits per heavy atom. The van der Waals surface area contributed by atoms with Crippen molar-refractivity contribution in [3.8, 4) is 5.75 Å². The molecule has 4 rings (SSSR count). The van der Waals surface area contributed by atoms with Crippen molar-refractivity contribution in [2.75, 3.05) is 12.3 Å². The lowest BCUT2D eigenvalue weighted by Gasteiger charge is -2.24. The fraction of sp³-hybridized carbons (Fsp3) is 0.333. The summed E-state index contributed by atoms with van der Waals surface area (Å²) in [6.45, 7) is 3.13. The first-order valence-corrected chi connectivity index (χ1v) is 8.28. The van der Waals surface area contributed by atoms with E-state index in [0.717, 1.165) is 30.8 Å². The summed E-state index contributed by atoms with van der Waals surface area (Å²) in [5, 5.41) is -0.181. The first-order chi connectivity index (χ1) is 12.4. The normalized spacial score (nSPS) is 16.4. The monoisotopic (exact) mass is 364 g/mol. The fourth-order valence-electron chi connectivity index (χ4n) is 3.05. The summed E-state index contributed by atoms with van der Waals surface area (Å²) in [4.78, 5) is 9.51. The minimum absolute atomic E-state index is 0.0878. The van der Waals surface area contributed by atoms with E-state index in [9.17, 15) is 13.2 Å². The van der Waals surface area contributed by atoms with Crippen molar-refractivity contribution < 1.29 is 17.9 Å². The van der Waals surface area contributed by atoms with Gasteiger partial charge >= 0.3 is 6.18 Å². The van der Waals surface area contributed by atoms with Gasteiger partial charge in [-0.1, -0.05) is 25.1 Å². The van der Waals surface area contributed by atoms with Crippen molar-refractivity contribution in [2.24, 2.45) is 0 Å². The van der Waals surface area contributed by atoms with E-state index in [-0.39, 0.29) is 16.9 Å². The number of fused-ring (bicyclic) bond motifs is 2. The Bertz CT molecular complexity index is 892. The molecule has 0 saturated heterocycles.